The summed E-state index contributed by atoms with van der Waals surface area (Å²) in [5.74, 6) is 0. The molecule has 12 nitrogen and oxygen atoms in total. The molecule has 0 aromatic rings. The molecule has 0 aliphatic rings. The second-order valence-electron chi connectivity index (χ2n) is 1.79. The van der Waals surface area contributed by atoms with Crippen molar-refractivity contribution in [3.8, 4) is 0 Å². The molecule has 17 heteroatoms. The molecular weight excluding hydrogens is 384 g/mol. The maximum atomic E-state index is 10.6. The van der Waals surface area contributed by atoms with E-state index in [1.807, 2.05) is 0 Å². The molecule has 0 fully saturated rings. The fraction of sp³-hybridized carbons (Fsp3) is 0. The van der Waals surface area contributed by atoms with Crippen molar-refractivity contribution in [2.24, 2.45) is 0 Å². The van der Waals surface area contributed by atoms with Crippen LogP contribution in [0.1, 0.15) is 0 Å². The van der Waals surface area contributed by atoms with Crippen LogP contribution in [0.5, 0.6) is 0 Å². The predicted octanol–water partition coefficient (Wildman–Crippen LogP) is -2.65. The van der Waals surface area contributed by atoms with Crippen molar-refractivity contribution in [2.45, 2.75) is 0 Å². The van der Waals surface area contributed by atoms with Crippen LogP contribution in [0.15, 0.2) is 0 Å². The quantitative estimate of drug-likeness (QED) is 0.287. The van der Waals surface area contributed by atoms with Crippen LogP contribution in [-0.2, 0) is 42.5 Å². The zero-order valence-corrected chi connectivity index (χ0v) is 11.2. The van der Waals surface area contributed by atoms with E-state index in [-0.39, 0.29) is 0 Å². The van der Waals surface area contributed by atoms with Crippen LogP contribution in [0.3, 0.4) is 0 Å². The molecule has 0 heterocycles. The molecule has 0 saturated carbocycles. The number of hydrogen-bond acceptors (Lipinski definition) is 8. The first-order chi connectivity index (χ1) is 7.00. The van der Waals surface area contributed by atoms with Gasteiger partial charge in [0.05, 0.1) is 0 Å². The van der Waals surface area contributed by atoms with E-state index in [2.05, 4.69) is 0 Å². The van der Waals surface area contributed by atoms with Crippen LogP contribution < -0.4 is 0 Å². The summed E-state index contributed by atoms with van der Waals surface area (Å²) in [4.78, 5) is 0. The summed E-state index contributed by atoms with van der Waals surface area (Å²) in [7, 11) is -33.2. The Bertz CT molecular complexity index is 577. The molecular formula is H4CuO12S4. The van der Waals surface area contributed by atoms with Crippen molar-refractivity contribution in [3.63, 3.8) is 0 Å². The molecule has 4 N–H and O–H groups in total. The number of hydrogen-bond donors (Lipinski definition) is 4. The average Bonchev–Trinajstić information content (AvgIpc) is 1.67. The van der Waals surface area contributed by atoms with Crippen LogP contribution >= 0.6 is 0 Å². The molecule has 0 radical (unpaired) electrons. The summed E-state index contributed by atoms with van der Waals surface area (Å²) >= 11 is 0. The van der Waals surface area contributed by atoms with E-state index in [4.69, 9.17) is 18.2 Å². The minimum atomic E-state index is -6.68. The fourth-order valence-corrected chi connectivity index (χ4v) is 17.9. The second-order valence-corrected chi connectivity index (χ2v) is 21.5. The Hall–Kier alpha value is 0.159. The van der Waals surface area contributed by atoms with E-state index >= 15 is 0 Å². The Morgan fingerprint density at radius 2 is 0.588 bits per heavy atom. The first-order valence-corrected chi connectivity index (χ1v) is 12.3. The van der Waals surface area contributed by atoms with Gasteiger partial charge >= 0.3 is 94.4 Å². The second kappa shape index (κ2) is 4.08. The molecule has 0 saturated heterocycles. The molecule has 0 bridgehead atoms. The Kier molecular flexibility index (Phi) is 4.12. The summed E-state index contributed by atoms with van der Waals surface area (Å²) in [6, 6.07) is 0. The molecule has 0 rings (SSSR count). The van der Waals surface area contributed by atoms with E-state index in [1.54, 1.807) is 0 Å². The Morgan fingerprint density at radius 3 is 0.588 bits per heavy atom. The molecule has 0 unspecified atom stereocenters. The molecule has 0 aliphatic carbocycles. The van der Waals surface area contributed by atoms with Gasteiger partial charge in [0.15, 0.2) is 0 Å². The predicted molar refractivity (Wildman–Crippen MR) is 46.2 cm³/mol. The third-order valence-corrected chi connectivity index (χ3v) is 28.3. The number of rotatable bonds is 4. The average molecular weight is 388 g/mol. The van der Waals surface area contributed by atoms with Crippen LogP contribution in [0.2, 0.25) is 0 Å². The van der Waals surface area contributed by atoms with Gasteiger partial charge in [-0.25, -0.2) is 0 Å². The van der Waals surface area contributed by atoms with Gasteiger partial charge in [-0.05, 0) is 0 Å². The third-order valence-electron chi connectivity index (χ3n) is 0.762. The SMILES string of the molecule is O=[S](=O)(O)[Cu]([S](=O)(=O)O)([S](=O)(=O)O)[S](=O)(=O)O. The normalized spacial score (nSPS) is 16.7. The molecule has 0 amide bonds. The Labute approximate surface area is 94.1 Å². The van der Waals surface area contributed by atoms with E-state index in [1.165, 1.54) is 0 Å². The summed E-state index contributed by atoms with van der Waals surface area (Å²) in [5, 5.41) is 0. The molecule has 0 aromatic heterocycles. The van der Waals surface area contributed by atoms with Gasteiger partial charge in [-0.3, -0.25) is 0 Å². The van der Waals surface area contributed by atoms with Gasteiger partial charge in [0.25, 0.3) is 0 Å². The fourth-order valence-electron chi connectivity index (χ4n) is 0.482. The topological polar surface area (TPSA) is 217 Å². The summed E-state index contributed by atoms with van der Waals surface area (Å²) in [6.07, 6.45) is 0. The van der Waals surface area contributed by atoms with Crippen LogP contribution in [-0.4, -0.2) is 51.9 Å². The van der Waals surface area contributed by atoms with Crippen LogP contribution in [0.25, 0.3) is 0 Å². The van der Waals surface area contributed by atoms with Gasteiger partial charge in [-0.15, -0.1) is 0 Å². The zero-order chi connectivity index (χ0) is 14.5. The van der Waals surface area contributed by atoms with Gasteiger partial charge in [-0.2, -0.15) is 0 Å². The van der Waals surface area contributed by atoms with Crippen molar-refractivity contribution in [1.29, 1.82) is 0 Å². The van der Waals surface area contributed by atoms with E-state index in [9.17, 15) is 33.7 Å². The van der Waals surface area contributed by atoms with Crippen molar-refractivity contribution >= 4 is 34.1 Å². The van der Waals surface area contributed by atoms with Crippen LogP contribution in [0.4, 0.5) is 0 Å². The van der Waals surface area contributed by atoms with Crippen LogP contribution in [0, 0.1) is 0 Å². The maximum absolute atomic E-state index is 10.6. The zero-order valence-electron chi connectivity index (χ0n) is 6.99. The molecule has 111 valence electrons. The molecule has 0 spiro atoms. The minimum absolute atomic E-state index is 6.64. The molecule has 17 heavy (non-hydrogen) atoms. The standard InChI is InChI=1S/Cu.4HO3S/c;4*1-4(2)3/h;4*(H,1,2,3). The first-order valence-electron chi connectivity index (χ1n) is 2.56. The van der Waals surface area contributed by atoms with Gasteiger partial charge in [-0.1, -0.05) is 0 Å². The monoisotopic (exact) mass is 387 g/mol. The summed E-state index contributed by atoms with van der Waals surface area (Å²) in [5.41, 5.74) is 0. The summed E-state index contributed by atoms with van der Waals surface area (Å²) < 4.78 is 118. The van der Waals surface area contributed by atoms with Crippen molar-refractivity contribution in [1.82, 2.24) is 0 Å². The van der Waals surface area contributed by atoms with Gasteiger partial charge in [0, 0.05) is 0 Å². The molecule has 0 aromatic carbocycles. The van der Waals surface area contributed by atoms with E-state index in [0.29, 0.717) is 0 Å². The third kappa shape index (κ3) is 2.48. The van der Waals surface area contributed by atoms with Crippen molar-refractivity contribution in [3.05, 3.63) is 0 Å². The molecule has 0 atom stereocenters. The Morgan fingerprint density at radius 1 is 0.471 bits per heavy atom. The summed E-state index contributed by atoms with van der Waals surface area (Å²) in [6.45, 7) is 0. The van der Waals surface area contributed by atoms with E-state index < -0.39 is 42.5 Å². The Balaban J connectivity index is 7.38. The van der Waals surface area contributed by atoms with Gasteiger partial charge in [0.1, 0.15) is 0 Å². The van der Waals surface area contributed by atoms with Crippen molar-refractivity contribution in [2.75, 3.05) is 0 Å². The van der Waals surface area contributed by atoms with Crippen molar-refractivity contribution < 1.29 is 60.2 Å². The van der Waals surface area contributed by atoms with Gasteiger partial charge < -0.3 is 0 Å². The first kappa shape index (κ1) is 17.2. The molecule has 0 aliphatic heterocycles. The van der Waals surface area contributed by atoms with E-state index in [0.717, 1.165) is 0 Å². The van der Waals surface area contributed by atoms with Gasteiger partial charge in [0.2, 0.25) is 0 Å².